The van der Waals surface area contributed by atoms with Gasteiger partial charge in [-0.05, 0) is 44.8 Å². The number of rotatable bonds is 3. The van der Waals surface area contributed by atoms with E-state index in [-0.39, 0.29) is 5.91 Å². The molecule has 7 nitrogen and oxygen atoms in total. The van der Waals surface area contributed by atoms with E-state index in [9.17, 15) is 4.79 Å². The highest BCUT2D eigenvalue weighted by molar-refractivity contribution is 6.07. The number of hydrogen-bond acceptors (Lipinski definition) is 5. The lowest BCUT2D eigenvalue weighted by Gasteiger charge is -2.23. The van der Waals surface area contributed by atoms with Gasteiger partial charge in [0.15, 0.2) is 5.65 Å². The Labute approximate surface area is 168 Å². The number of fused-ring (bicyclic) bond motifs is 5. The summed E-state index contributed by atoms with van der Waals surface area (Å²) in [5.41, 5.74) is 4.95. The summed E-state index contributed by atoms with van der Waals surface area (Å²) in [4.78, 5) is 26.8. The first-order valence-electron chi connectivity index (χ1n) is 9.91. The van der Waals surface area contributed by atoms with E-state index in [1.807, 2.05) is 40.9 Å². The van der Waals surface area contributed by atoms with Crippen LogP contribution in [-0.4, -0.2) is 65.5 Å². The predicted octanol–water partition coefficient (Wildman–Crippen LogP) is 2.54. The van der Waals surface area contributed by atoms with Crippen molar-refractivity contribution in [1.82, 2.24) is 24.6 Å². The van der Waals surface area contributed by atoms with Crippen LogP contribution in [0.1, 0.15) is 16.8 Å². The molecule has 0 unspecified atom stereocenters. The molecule has 3 aromatic heterocycles. The molecule has 0 aliphatic carbocycles. The topological polar surface area (TPSA) is 65.8 Å². The Morgan fingerprint density at radius 3 is 2.79 bits per heavy atom. The maximum atomic E-state index is 12.7. The van der Waals surface area contributed by atoms with E-state index in [1.165, 1.54) is 0 Å². The van der Waals surface area contributed by atoms with E-state index < -0.39 is 0 Å². The van der Waals surface area contributed by atoms with Crippen LogP contribution in [0.5, 0.6) is 0 Å². The molecule has 1 N–H and O–H groups in total. The third kappa shape index (κ3) is 2.73. The molecule has 0 saturated carbocycles. The lowest BCUT2D eigenvalue weighted by molar-refractivity contribution is 0.0964. The fourth-order valence-corrected chi connectivity index (χ4v) is 4.36. The van der Waals surface area contributed by atoms with Crippen LogP contribution < -0.4 is 10.2 Å². The molecule has 7 heteroatoms. The van der Waals surface area contributed by atoms with Gasteiger partial charge in [0.25, 0.3) is 5.91 Å². The number of nitrogens with one attached hydrogen (secondary N) is 1. The average molecular weight is 388 g/mol. The fourth-order valence-electron chi connectivity index (χ4n) is 4.36. The van der Waals surface area contributed by atoms with E-state index in [2.05, 4.69) is 35.3 Å². The lowest BCUT2D eigenvalue weighted by Crippen LogP contribution is -2.31. The van der Waals surface area contributed by atoms with E-state index in [1.54, 1.807) is 7.05 Å². The van der Waals surface area contributed by atoms with Crippen LogP contribution in [0.2, 0.25) is 0 Å². The molecule has 1 aromatic carbocycles. The number of imidazole rings is 1. The Kier molecular flexibility index (Phi) is 4.13. The minimum atomic E-state index is -0.144. The largest absolute Gasteiger partial charge is 0.369 e. The van der Waals surface area contributed by atoms with Crippen molar-refractivity contribution >= 4 is 39.3 Å². The van der Waals surface area contributed by atoms with Gasteiger partial charge in [-0.3, -0.25) is 9.20 Å². The van der Waals surface area contributed by atoms with Crippen LogP contribution in [0.4, 0.5) is 5.69 Å². The molecule has 1 atom stereocenters. The van der Waals surface area contributed by atoms with Crippen molar-refractivity contribution in [2.45, 2.75) is 12.5 Å². The fraction of sp³-hybridized carbons (Fsp3) is 0.318. The van der Waals surface area contributed by atoms with Gasteiger partial charge in [0.1, 0.15) is 5.65 Å². The Bertz CT molecular complexity index is 1240. The number of carbonyl (C=O) groups excluding carboxylic acids is 1. The number of hydrogen-bond donors (Lipinski definition) is 1. The van der Waals surface area contributed by atoms with Crippen LogP contribution >= 0.6 is 0 Å². The molecule has 1 saturated heterocycles. The summed E-state index contributed by atoms with van der Waals surface area (Å²) in [5, 5.41) is 3.73. The van der Waals surface area contributed by atoms with Crippen molar-refractivity contribution in [2.75, 3.05) is 39.1 Å². The molecule has 1 fully saturated rings. The minimum Gasteiger partial charge on any atom is -0.369 e. The first-order valence-corrected chi connectivity index (χ1v) is 9.91. The van der Waals surface area contributed by atoms with Crippen molar-refractivity contribution in [3.8, 4) is 0 Å². The Morgan fingerprint density at radius 1 is 1.21 bits per heavy atom. The molecule has 0 spiro atoms. The molecule has 5 rings (SSSR count). The van der Waals surface area contributed by atoms with Crippen LogP contribution in [0.15, 0.2) is 42.6 Å². The van der Waals surface area contributed by atoms with Crippen molar-refractivity contribution in [3.05, 3.63) is 48.2 Å². The van der Waals surface area contributed by atoms with E-state index in [0.29, 0.717) is 17.3 Å². The number of likely N-dealkylation sites (N-methyl/N-ethyl adjacent to an activating group) is 1. The van der Waals surface area contributed by atoms with Gasteiger partial charge in [0.05, 0.1) is 16.6 Å². The monoisotopic (exact) mass is 388 g/mol. The smallest absolute Gasteiger partial charge is 0.254 e. The average Bonchev–Trinajstić information content (AvgIpc) is 3.37. The Morgan fingerprint density at radius 2 is 2.03 bits per heavy atom. The number of amides is 1. The molecule has 0 bridgehead atoms. The van der Waals surface area contributed by atoms with Crippen molar-refractivity contribution in [1.29, 1.82) is 0 Å². The first kappa shape index (κ1) is 17.9. The number of anilines is 1. The molecular weight excluding hydrogens is 364 g/mol. The number of pyridine rings is 2. The second-order valence-electron chi connectivity index (χ2n) is 7.82. The third-order valence-corrected chi connectivity index (χ3v) is 5.95. The van der Waals surface area contributed by atoms with Crippen LogP contribution in [-0.2, 0) is 0 Å². The van der Waals surface area contributed by atoms with Gasteiger partial charge in [-0.15, -0.1) is 0 Å². The zero-order valence-electron chi connectivity index (χ0n) is 16.9. The second kappa shape index (κ2) is 6.70. The van der Waals surface area contributed by atoms with Gasteiger partial charge in [0.2, 0.25) is 0 Å². The molecular formula is C22H24N6O. The summed E-state index contributed by atoms with van der Waals surface area (Å²) in [5.74, 6) is -0.144. The van der Waals surface area contributed by atoms with Crippen LogP contribution in [0.3, 0.4) is 0 Å². The molecule has 148 valence electrons. The van der Waals surface area contributed by atoms with Crippen molar-refractivity contribution in [3.63, 3.8) is 0 Å². The van der Waals surface area contributed by atoms with Gasteiger partial charge >= 0.3 is 0 Å². The zero-order valence-corrected chi connectivity index (χ0v) is 16.9. The van der Waals surface area contributed by atoms with Gasteiger partial charge in [-0.25, -0.2) is 9.97 Å². The molecule has 1 amide bonds. The summed E-state index contributed by atoms with van der Waals surface area (Å²) in [7, 11) is 5.91. The maximum Gasteiger partial charge on any atom is 0.254 e. The Balaban J connectivity index is 1.82. The van der Waals surface area contributed by atoms with Crippen molar-refractivity contribution < 1.29 is 4.79 Å². The summed E-state index contributed by atoms with van der Waals surface area (Å²) in [6.45, 7) is 1.95. The molecule has 4 aromatic rings. The standard InChI is InChI=1S/C22H24N6O/c1-23-22(29)16-12-15-18(27-11-9-14(13-27)26(2)3)8-10-24-20(15)28-19-7-5-4-6-17(19)25-21(16)28/h4-8,10,12,14H,9,11,13H2,1-3H3,(H,23,29)/t14-/m1/s1. The highest BCUT2D eigenvalue weighted by Gasteiger charge is 2.27. The minimum absolute atomic E-state index is 0.144. The summed E-state index contributed by atoms with van der Waals surface area (Å²) < 4.78 is 2.01. The number of carbonyl (C=O) groups is 1. The highest BCUT2D eigenvalue weighted by Crippen LogP contribution is 2.33. The summed E-state index contributed by atoms with van der Waals surface area (Å²) in [6.07, 6.45) is 2.98. The molecule has 4 heterocycles. The molecule has 1 aliphatic rings. The first-order chi connectivity index (χ1) is 14.1. The lowest BCUT2D eigenvalue weighted by atomic mass is 10.1. The van der Waals surface area contributed by atoms with Crippen molar-refractivity contribution in [2.24, 2.45) is 0 Å². The van der Waals surface area contributed by atoms with E-state index in [4.69, 9.17) is 9.97 Å². The van der Waals surface area contributed by atoms with E-state index in [0.717, 1.165) is 47.3 Å². The zero-order chi connectivity index (χ0) is 20.1. The number of para-hydroxylation sites is 2. The van der Waals surface area contributed by atoms with Gasteiger partial charge in [0, 0.05) is 43.4 Å². The Hall–Kier alpha value is -3.19. The summed E-state index contributed by atoms with van der Waals surface area (Å²) >= 11 is 0. The summed E-state index contributed by atoms with van der Waals surface area (Å²) in [6, 6.07) is 12.5. The normalized spacial score (nSPS) is 17.1. The quantitative estimate of drug-likeness (QED) is 0.584. The number of benzene rings is 1. The van der Waals surface area contributed by atoms with Gasteiger partial charge in [-0.1, -0.05) is 12.1 Å². The maximum absolute atomic E-state index is 12.7. The number of aromatic nitrogens is 3. The highest BCUT2D eigenvalue weighted by atomic mass is 16.1. The molecule has 0 radical (unpaired) electrons. The van der Waals surface area contributed by atoms with Gasteiger partial charge < -0.3 is 15.1 Å². The van der Waals surface area contributed by atoms with E-state index >= 15 is 0 Å². The molecule has 29 heavy (non-hydrogen) atoms. The SMILES string of the molecule is CNC(=O)c1cc2c(N3CC[C@@H](N(C)C)C3)ccnc2n2c1nc1ccccc12. The van der Waals surface area contributed by atoms with Gasteiger partial charge in [-0.2, -0.15) is 0 Å². The predicted molar refractivity (Wildman–Crippen MR) is 116 cm³/mol. The molecule has 1 aliphatic heterocycles. The third-order valence-electron chi connectivity index (χ3n) is 5.95. The second-order valence-corrected chi connectivity index (χ2v) is 7.82. The van der Waals surface area contributed by atoms with Crippen LogP contribution in [0.25, 0.3) is 27.7 Å². The number of nitrogens with zero attached hydrogens (tertiary/aromatic N) is 5. The van der Waals surface area contributed by atoms with Crippen LogP contribution in [0, 0.1) is 0 Å².